The van der Waals surface area contributed by atoms with Crippen molar-refractivity contribution in [2.24, 2.45) is 0 Å². The lowest BCUT2D eigenvalue weighted by molar-refractivity contribution is 0.325. The van der Waals surface area contributed by atoms with Crippen LogP contribution in [0.3, 0.4) is 0 Å². The molecule has 4 rings (SSSR count). The minimum atomic E-state index is -3.57. The zero-order chi connectivity index (χ0) is 22.0. The smallest absolute Gasteiger partial charge is 0.243 e. The minimum absolute atomic E-state index is 0. The molecule has 170 valence electrons. The summed E-state index contributed by atoms with van der Waals surface area (Å²) in [5.41, 5.74) is 2.77. The van der Waals surface area contributed by atoms with Crippen LogP contribution in [0.5, 0.6) is 0 Å². The Hall–Kier alpha value is -2.09. The molecule has 2 aromatic carbocycles. The first-order valence-corrected chi connectivity index (χ1v) is 11.9. The Morgan fingerprint density at radius 2 is 1.81 bits per heavy atom. The fourth-order valence-electron chi connectivity index (χ4n) is 3.66. The van der Waals surface area contributed by atoms with Gasteiger partial charge in [0, 0.05) is 30.1 Å². The molecule has 1 aromatic heterocycles. The van der Waals surface area contributed by atoms with Gasteiger partial charge in [-0.2, -0.15) is 4.31 Å². The van der Waals surface area contributed by atoms with Crippen molar-refractivity contribution in [3.8, 4) is 0 Å². The summed E-state index contributed by atoms with van der Waals surface area (Å²) in [6.45, 7) is 1.45. The van der Waals surface area contributed by atoms with Gasteiger partial charge < -0.3 is 9.32 Å². The lowest BCUT2D eigenvalue weighted by atomic mass is 10.1. The van der Waals surface area contributed by atoms with Gasteiger partial charge in [-0.25, -0.2) is 8.42 Å². The Balaban J connectivity index is 0.00000289. The first-order valence-electron chi connectivity index (χ1n) is 10.1. The number of sulfonamides is 1. The van der Waals surface area contributed by atoms with Crippen molar-refractivity contribution in [3.63, 3.8) is 0 Å². The molecule has 2 heterocycles. The summed E-state index contributed by atoms with van der Waals surface area (Å²) in [5.74, 6) is 1.76. The molecule has 0 unspecified atom stereocenters. The van der Waals surface area contributed by atoms with E-state index >= 15 is 0 Å². The number of furan rings is 1. The van der Waals surface area contributed by atoms with Crippen LogP contribution in [-0.4, -0.2) is 38.3 Å². The molecule has 0 amide bonds. The summed E-state index contributed by atoms with van der Waals surface area (Å²) in [5, 5.41) is 0.676. The minimum Gasteiger partial charge on any atom is -0.464 e. The zero-order valence-corrected chi connectivity index (χ0v) is 20.4. The van der Waals surface area contributed by atoms with E-state index in [1.165, 1.54) is 4.31 Å². The Morgan fingerprint density at radius 3 is 2.50 bits per heavy atom. The van der Waals surface area contributed by atoms with Crippen molar-refractivity contribution in [2.75, 3.05) is 20.6 Å². The number of hydrogen-bond donors (Lipinski definition) is 0. The molecule has 0 bridgehead atoms. The number of halogens is 2. The predicted molar refractivity (Wildman–Crippen MR) is 131 cm³/mol. The summed E-state index contributed by atoms with van der Waals surface area (Å²) in [6, 6.07) is 16.5. The van der Waals surface area contributed by atoms with E-state index in [9.17, 15) is 8.42 Å². The number of rotatable bonds is 6. The van der Waals surface area contributed by atoms with Crippen LogP contribution in [0.2, 0.25) is 5.02 Å². The molecule has 0 saturated heterocycles. The second-order valence-electron chi connectivity index (χ2n) is 7.91. The average Bonchev–Trinajstić information content (AvgIpc) is 3.14. The van der Waals surface area contributed by atoms with Crippen molar-refractivity contribution in [2.45, 2.75) is 24.4 Å². The number of benzene rings is 2. The maximum absolute atomic E-state index is 13.2. The summed E-state index contributed by atoms with van der Waals surface area (Å²) in [4.78, 5) is 2.32. The van der Waals surface area contributed by atoms with Crippen molar-refractivity contribution in [1.82, 2.24) is 9.21 Å². The molecule has 0 saturated carbocycles. The van der Waals surface area contributed by atoms with Gasteiger partial charge in [-0.1, -0.05) is 54.1 Å². The SMILES string of the molecule is CN(C)Cc1cc2c(o1)CCN(S(=O)(=O)c1ccc(/C=C\c3ccccc3Cl)cc1)C2.Cl. The Kier molecular flexibility index (Phi) is 7.85. The topological polar surface area (TPSA) is 53.8 Å². The first-order chi connectivity index (χ1) is 14.8. The summed E-state index contributed by atoms with van der Waals surface area (Å²) >= 11 is 6.18. The number of fused-ring (bicyclic) bond motifs is 1. The van der Waals surface area contributed by atoms with E-state index in [1.807, 2.05) is 73.6 Å². The van der Waals surface area contributed by atoms with Gasteiger partial charge in [0.2, 0.25) is 10.0 Å². The molecule has 32 heavy (non-hydrogen) atoms. The molecular formula is C24H26Cl2N2O3S. The van der Waals surface area contributed by atoms with E-state index in [1.54, 1.807) is 12.1 Å². The summed E-state index contributed by atoms with van der Waals surface area (Å²) in [6.07, 6.45) is 4.42. The van der Waals surface area contributed by atoms with Crippen LogP contribution in [0, 0.1) is 0 Å². The molecule has 5 nitrogen and oxygen atoms in total. The van der Waals surface area contributed by atoms with Gasteiger partial charge >= 0.3 is 0 Å². The fourth-order valence-corrected chi connectivity index (χ4v) is 5.28. The van der Waals surface area contributed by atoms with Crippen molar-refractivity contribution >= 4 is 46.2 Å². The highest BCUT2D eigenvalue weighted by molar-refractivity contribution is 7.89. The molecule has 1 aliphatic rings. The highest BCUT2D eigenvalue weighted by Gasteiger charge is 2.30. The Bertz CT molecular complexity index is 1200. The lowest BCUT2D eigenvalue weighted by Gasteiger charge is -2.25. The van der Waals surface area contributed by atoms with Crippen LogP contribution in [0.25, 0.3) is 12.2 Å². The first kappa shape index (κ1) is 24.6. The molecule has 3 aromatic rings. The summed E-state index contributed by atoms with van der Waals surface area (Å²) < 4.78 is 33.8. The van der Waals surface area contributed by atoms with E-state index < -0.39 is 10.0 Å². The van der Waals surface area contributed by atoms with Crippen LogP contribution in [0.1, 0.15) is 28.2 Å². The quantitative estimate of drug-likeness (QED) is 0.436. The van der Waals surface area contributed by atoms with Gasteiger partial charge in [-0.3, -0.25) is 0 Å². The molecule has 0 N–H and O–H groups in total. The van der Waals surface area contributed by atoms with E-state index in [0.29, 0.717) is 36.0 Å². The normalized spacial score (nSPS) is 14.5. The maximum atomic E-state index is 13.2. The van der Waals surface area contributed by atoms with Crippen molar-refractivity contribution < 1.29 is 12.8 Å². The van der Waals surface area contributed by atoms with Crippen molar-refractivity contribution in [3.05, 3.63) is 87.8 Å². The van der Waals surface area contributed by atoms with Crippen molar-refractivity contribution in [1.29, 1.82) is 0 Å². The number of hydrogen-bond acceptors (Lipinski definition) is 4. The molecule has 0 aliphatic carbocycles. The third-order valence-corrected chi connectivity index (χ3v) is 7.44. The van der Waals surface area contributed by atoms with Gasteiger partial charge in [0.25, 0.3) is 0 Å². The van der Waals surface area contributed by atoms with Gasteiger partial charge in [-0.05, 0) is 49.5 Å². The van der Waals surface area contributed by atoms with E-state index in [-0.39, 0.29) is 12.4 Å². The predicted octanol–water partition coefficient (Wildman–Crippen LogP) is 5.33. The van der Waals surface area contributed by atoms with Crippen LogP contribution in [0.15, 0.2) is 63.9 Å². The number of nitrogens with zero attached hydrogens (tertiary/aromatic N) is 2. The second-order valence-corrected chi connectivity index (χ2v) is 10.3. The van der Waals surface area contributed by atoms with E-state index in [4.69, 9.17) is 16.0 Å². The summed E-state index contributed by atoms with van der Waals surface area (Å²) in [7, 11) is 0.382. The van der Waals surface area contributed by atoms with E-state index in [0.717, 1.165) is 28.2 Å². The maximum Gasteiger partial charge on any atom is 0.243 e. The molecule has 1 aliphatic heterocycles. The highest BCUT2D eigenvalue weighted by atomic mass is 35.5. The van der Waals surface area contributed by atoms with Gasteiger partial charge in [0.1, 0.15) is 11.5 Å². The Morgan fingerprint density at radius 1 is 1.09 bits per heavy atom. The monoisotopic (exact) mass is 492 g/mol. The second kappa shape index (κ2) is 10.2. The van der Waals surface area contributed by atoms with Crippen LogP contribution in [0.4, 0.5) is 0 Å². The molecule has 0 fully saturated rings. The Labute approximate surface area is 200 Å². The van der Waals surface area contributed by atoms with E-state index in [2.05, 4.69) is 0 Å². The van der Waals surface area contributed by atoms with Gasteiger partial charge in [0.15, 0.2) is 0 Å². The van der Waals surface area contributed by atoms with Crippen LogP contribution < -0.4 is 0 Å². The van der Waals surface area contributed by atoms with Gasteiger partial charge in [0.05, 0.1) is 11.4 Å². The lowest BCUT2D eigenvalue weighted by Crippen LogP contribution is -2.35. The fraction of sp³-hybridized carbons (Fsp3) is 0.250. The molecule has 0 radical (unpaired) electrons. The molecule has 8 heteroatoms. The zero-order valence-electron chi connectivity index (χ0n) is 18.0. The van der Waals surface area contributed by atoms with Crippen LogP contribution in [-0.2, 0) is 29.5 Å². The average molecular weight is 493 g/mol. The molecule has 0 spiro atoms. The third kappa shape index (κ3) is 5.45. The molecular weight excluding hydrogens is 467 g/mol. The highest BCUT2D eigenvalue weighted by Crippen LogP contribution is 2.28. The molecule has 0 atom stereocenters. The largest absolute Gasteiger partial charge is 0.464 e. The third-order valence-electron chi connectivity index (χ3n) is 5.23. The van der Waals surface area contributed by atoms with Crippen LogP contribution >= 0.6 is 24.0 Å². The standard InChI is InChI=1S/C24H25ClN2O3S.ClH/c1-26(2)17-21-15-20-16-27(14-13-24(20)30-21)31(28,29)22-11-8-18(9-12-22)7-10-19-5-3-4-6-23(19)25;/h3-12,15H,13-14,16-17H2,1-2H3;1H/b10-7-;. The van der Waals surface area contributed by atoms with Gasteiger partial charge in [-0.15, -0.1) is 12.4 Å².